The molecule has 0 aliphatic heterocycles. The Labute approximate surface area is 295 Å². The number of hydrogen-bond donors (Lipinski definition) is 4. The van der Waals surface area contributed by atoms with Gasteiger partial charge in [-0.1, -0.05) is 0 Å². The van der Waals surface area contributed by atoms with Gasteiger partial charge in [-0.15, -0.1) is 0 Å². The second-order valence-electron chi connectivity index (χ2n) is 14.2. The van der Waals surface area contributed by atoms with E-state index in [2.05, 4.69) is 0 Å². The highest BCUT2D eigenvalue weighted by molar-refractivity contribution is 6.40. The minimum absolute atomic E-state index is 0.274. The maximum absolute atomic E-state index is 14.0. The Kier molecular flexibility index (Phi) is 8.35. The Bertz CT molecular complexity index is 2020. The lowest BCUT2D eigenvalue weighted by Crippen LogP contribution is -2.52. The van der Waals surface area contributed by atoms with E-state index in [9.17, 15) is 58.8 Å². The van der Waals surface area contributed by atoms with Crippen LogP contribution in [-0.2, 0) is 28.7 Å². The molecule has 4 aliphatic carbocycles. The first-order chi connectivity index (χ1) is 24.1. The fraction of sp³-hybridized carbons (Fsp3) is 0.368. The Morgan fingerprint density at radius 1 is 0.615 bits per heavy atom. The van der Waals surface area contributed by atoms with Crippen LogP contribution in [0.1, 0.15) is 95.8 Å². The molecule has 0 amide bonds. The number of aliphatic hydroxyl groups is 2. The van der Waals surface area contributed by atoms with Crippen LogP contribution in [0.2, 0.25) is 0 Å². The molecule has 6 atom stereocenters. The van der Waals surface area contributed by atoms with Crippen LogP contribution in [0.25, 0.3) is 11.1 Å². The molecule has 4 aliphatic rings. The average molecular weight is 715 g/mol. The Morgan fingerprint density at radius 3 is 1.23 bits per heavy atom. The molecule has 0 radical (unpaired) electrons. The fourth-order valence-corrected chi connectivity index (χ4v) is 8.42. The number of allylic oxidation sites excluding steroid dienone is 2. The fourth-order valence-electron chi connectivity index (χ4n) is 8.42. The van der Waals surface area contributed by atoms with E-state index < -0.39 is 128 Å². The van der Waals surface area contributed by atoms with Crippen molar-refractivity contribution in [3.05, 3.63) is 68.8 Å². The lowest BCUT2D eigenvalue weighted by Gasteiger charge is -2.42. The van der Waals surface area contributed by atoms with Gasteiger partial charge in [-0.3, -0.25) is 38.4 Å². The van der Waals surface area contributed by atoms with Crippen LogP contribution in [0.3, 0.4) is 0 Å². The number of carbonyl (C=O) groups excluding carboxylic acids is 8. The summed E-state index contributed by atoms with van der Waals surface area (Å²) in [5.74, 6) is -11.4. The molecule has 0 unspecified atom stereocenters. The molecule has 52 heavy (non-hydrogen) atoms. The van der Waals surface area contributed by atoms with Crippen LogP contribution >= 0.6 is 0 Å². The van der Waals surface area contributed by atoms with Crippen molar-refractivity contribution < 1.29 is 68.3 Å². The molecule has 0 saturated carbocycles. The van der Waals surface area contributed by atoms with Crippen LogP contribution < -0.4 is 0 Å². The molecule has 4 N–H and O–H groups in total. The van der Waals surface area contributed by atoms with Gasteiger partial charge in [0.2, 0.25) is 11.6 Å². The zero-order valence-electron chi connectivity index (χ0n) is 28.9. The molecule has 0 spiro atoms. The molecule has 0 fully saturated rings. The van der Waals surface area contributed by atoms with Crippen molar-refractivity contribution in [2.45, 2.75) is 77.8 Å². The van der Waals surface area contributed by atoms with E-state index in [1.807, 2.05) is 0 Å². The second kappa shape index (κ2) is 12.0. The number of Topliss-reactive ketones (excluding diaryl/α,β-unsaturated/α-hetero) is 6. The number of benzene rings is 2. The number of ether oxygens (including phenoxy) is 2. The number of phenols is 2. The monoisotopic (exact) mass is 714 g/mol. The van der Waals surface area contributed by atoms with E-state index in [1.165, 1.54) is 39.8 Å². The zero-order chi connectivity index (χ0) is 38.5. The number of carbonyl (C=O) groups is 8. The van der Waals surface area contributed by atoms with E-state index in [4.69, 9.17) is 9.47 Å². The minimum Gasteiger partial charge on any atom is -0.506 e. The van der Waals surface area contributed by atoms with E-state index in [-0.39, 0.29) is 33.4 Å². The zero-order valence-corrected chi connectivity index (χ0v) is 28.9. The van der Waals surface area contributed by atoms with Gasteiger partial charge in [-0.2, -0.15) is 0 Å². The third-order valence-electron chi connectivity index (χ3n) is 10.3. The normalized spacial score (nSPS) is 26.7. The van der Waals surface area contributed by atoms with Gasteiger partial charge in [0, 0.05) is 60.1 Å². The van der Waals surface area contributed by atoms with E-state index in [1.54, 1.807) is 0 Å². The smallest absolute Gasteiger partial charge is 0.302 e. The van der Waals surface area contributed by atoms with Gasteiger partial charge in [0.05, 0.1) is 45.3 Å². The lowest BCUT2D eigenvalue weighted by atomic mass is 9.64. The summed E-state index contributed by atoms with van der Waals surface area (Å²) >= 11 is 0. The highest BCUT2D eigenvalue weighted by Gasteiger charge is 2.55. The summed E-state index contributed by atoms with van der Waals surface area (Å²) in [7, 11) is 0. The molecule has 0 heterocycles. The third-order valence-corrected chi connectivity index (χ3v) is 10.3. The van der Waals surface area contributed by atoms with Gasteiger partial charge >= 0.3 is 11.9 Å². The van der Waals surface area contributed by atoms with E-state index in [0.29, 0.717) is 0 Å². The molecule has 14 heteroatoms. The van der Waals surface area contributed by atoms with Crippen molar-refractivity contribution in [3.63, 3.8) is 0 Å². The SMILES string of the molecule is CC(=O)O[C@H](C)[C@@H]1C2=C(C(=O)C[C@]1(C)O)C(=O)c1c(ccc(-c3ccc4c(c3O)C(=O)C3=C(C4=O)[C@@H]([C@@H](C)OC(C)=O)[C@@](C)(O)CC3=O)c1O)C2=O. The van der Waals surface area contributed by atoms with Crippen molar-refractivity contribution in [1.29, 1.82) is 0 Å². The first-order valence-electron chi connectivity index (χ1n) is 16.4. The Balaban J connectivity index is 1.48. The van der Waals surface area contributed by atoms with E-state index in [0.717, 1.165) is 26.0 Å². The molecule has 0 aromatic heterocycles. The summed E-state index contributed by atoms with van der Waals surface area (Å²) in [6, 6.07) is 4.63. The number of ketones is 6. The van der Waals surface area contributed by atoms with Crippen molar-refractivity contribution in [2.75, 3.05) is 0 Å². The summed E-state index contributed by atoms with van der Waals surface area (Å²) in [6.07, 6.45) is -3.49. The van der Waals surface area contributed by atoms with Crippen molar-refractivity contribution in [2.24, 2.45) is 11.8 Å². The topological polar surface area (TPSA) is 236 Å². The summed E-state index contributed by atoms with van der Waals surface area (Å²) in [6.45, 7) is 7.61. The molecule has 270 valence electrons. The number of hydrogen-bond acceptors (Lipinski definition) is 14. The number of fused-ring (bicyclic) bond motifs is 2. The number of aromatic hydroxyl groups is 2. The first kappa shape index (κ1) is 36.2. The summed E-state index contributed by atoms with van der Waals surface area (Å²) < 4.78 is 10.5. The van der Waals surface area contributed by atoms with Gasteiger partial charge < -0.3 is 29.9 Å². The van der Waals surface area contributed by atoms with Crippen LogP contribution in [0.5, 0.6) is 11.5 Å². The number of phenolic OH excluding ortho intramolecular Hbond substituents is 2. The maximum Gasteiger partial charge on any atom is 0.302 e. The largest absolute Gasteiger partial charge is 0.506 e. The lowest BCUT2D eigenvalue weighted by molar-refractivity contribution is -0.154. The Hall–Kier alpha value is -5.60. The van der Waals surface area contributed by atoms with E-state index >= 15 is 0 Å². The average Bonchev–Trinajstić information content (AvgIpc) is 3.00. The number of rotatable bonds is 5. The van der Waals surface area contributed by atoms with Crippen LogP contribution in [0.4, 0.5) is 0 Å². The van der Waals surface area contributed by atoms with Crippen molar-refractivity contribution >= 4 is 46.6 Å². The molecular weight excluding hydrogens is 680 g/mol. The van der Waals surface area contributed by atoms with Gasteiger partial charge in [0.25, 0.3) is 0 Å². The third kappa shape index (κ3) is 5.23. The molecule has 6 rings (SSSR count). The molecule has 2 aromatic carbocycles. The van der Waals surface area contributed by atoms with Gasteiger partial charge in [0.1, 0.15) is 23.7 Å². The maximum atomic E-state index is 14.0. The predicted octanol–water partition coefficient (Wildman–Crippen LogP) is 2.70. The van der Waals surface area contributed by atoms with Gasteiger partial charge in [-0.25, -0.2) is 0 Å². The molecular formula is C38H34O14. The van der Waals surface area contributed by atoms with Crippen LogP contribution in [0.15, 0.2) is 46.6 Å². The predicted molar refractivity (Wildman–Crippen MR) is 177 cm³/mol. The summed E-state index contributed by atoms with van der Waals surface area (Å²) in [4.78, 5) is 106. The van der Waals surface area contributed by atoms with Crippen molar-refractivity contribution in [1.82, 2.24) is 0 Å². The Morgan fingerprint density at radius 2 is 0.923 bits per heavy atom. The minimum atomic E-state index is -1.89. The van der Waals surface area contributed by atoms with Crippen LogP contribution in [-0.4, -0.2) is 90.5 Å². The summed E-state index contributed by atoms with van der Waals surface area (Å²) in [5, 5.41) is 45.4. The van der Waals surface area contributed by atoms with Gasteiger partial charge in [-0.05, 0) is 52.0 Å². The van der Waals surface area contributed by atoms with Crippen molar-refractivity contribution in [3.8, 4) is 22.6 Å². The first-order valence-corrected chi connectivity index (χ1v) is 16.4. The quantitative estimate of drug-likeness (QED) is 0.258. The standard InChI is InChI=1S/C38H34O14/c1-13(51-15(3)39)29-27-25(21(41)11-37(29,5)49)35(47)23-19(33(27)45)9-7-17(31(23)43)18-8-10-20-24(32(18)44)36(48)26-22(42)12-38(6,50)30(28(26)34(20)46)14(2)52-16(4)40/h7-10,13-14,29-30,43-44,49-50H,11-12H2,1-6H3/t13-,14-,29-,30-,37+,38+/m1/s1. The molecule has 0 bridgehead atoms. The highest BCUT2D eigenvalue weighted by Crippen LogP contribution is 2.51. The van der Waals surface area contributed by atoms with Crippen LogP contribution in [0, 0.1) is 11.8 Å². The molecule has 2 aromatic rings. The number of esters is 2. The molecule has 0 saturated heterocycles. The second-order valence-corrected chi connectivity index (χ2v) is 14.2. The summed E-state index contributed by atoms with van der Waals surface area (Å²) in [5.41, 5.74) is -8.14. The van der Waals surface area contributed by atoms with Gasteiger partial charge in [0.15, 0.2) is 23.1 Å². The highest BCUT2D eigenvalue weighted by atomic mass is 16.5. The molecule has 14 nitrogen and oxygen atoms in total.